The van der Waals surface area contributed by atoms with E-state index >= 15 is 0 Å². The Morgan fingerprint density at radius 3 is 2.67 bits per heavy atom. The molecule has 0 spiro atoms. The minimum Gasteiger partial charge on any atom is -0.495 e. The molecule has 0 amide bonds. The molecular weight excluding hydrogens is 255 g/mol. The zero-order valence-electron chi connectivity index (χ0n) is 9.61. The molecule has 2 nitrogen and oxygen atoms in total. The van der Waals surface area contributed by atoms with Crippen molar-refractivity contribution in [1.29, 1.82) is 0 Å². The molecule has 2 aromatic rings. The minimum atomic E-state index is -0.443. The van der Waals surface area contributed by atoms with Crippen LogP contribution in [-0.4, -0.2) is 13.4 Å². The molecule has 0 saturated carbocycles. The Labute approximate surface area is 109 Å². The van der Waals surface area contributed by atoms with Crippen molar-refractivity contribution in [2.75, 3.05) is 7.11 Å². The number of methoxy groups -OCH3 is 1. The standard InChI is InChI=1S/C14H10ClFO2/c1-18-14-7-9(2-5-13(14)15)12-4-3-11(16)6-10(12)8-17/h2-8H,1H3. The molecule has 18 heavy (non-hydrogen) atoms. The zero-order chi connectivity index (χ0) is 13.1. The summed E-state index contributed by atoms with van der Waals surface area (Å²) in [6.07, 6.45) is 0.625. The number of carbonyl (C=O) groups excluding carboxylic acids is 1. The lowest BCUT2D eigenvalue weighted by molar-refractivity contribution is 0.112. The van der Waals surface area contributed by atoms with Crippen LogP contribution in [0, 0.1) is 5.82 Å². The van der Waals surface area contributed by atoms with Crippen molar-refractivity contribution >= 4 is 17.9 Å². The fourth-order valence-corrected chi connectivity index (χ4v) is 1.92. The SMILES string of the molecule is COc1cc(-c2ccc(F)cc2C=O)ccc1Cl. The lowest BCUT2D eigenvalue weighted by Crippen LogP contribution is -1.91. The predicted molar refractivity (Wildman–Crippen MR) is 68.8 cm³/mol. The van der Waals surface area contributed by atoms with E-state index in [2.05, 4.69) is 0 Å². The van der Waals surface area contributed by atoms with Gasteiger partial charge in [-0.3, -0.25) is 4.79 Å². The van der Waals surface area contributed by atoms with Gasteiger partial charge in [0.15, 0.2) is 6.29 Å². The van der Waals surface area contributed by atoms with Crippen molar-refractivity contribution in [3.8, 4) is 16.9 Å². The molecule has 2 aromatic carbocycles. The summed E-state index contributed by atoms with van der Waals surface area (Å²) in [7, 11) is 1.51. The number of aldehydes is 1. The van der Waals surface area contributed by atoms with Gasteiger partial charge < -0.3 is 4.74 Å². The first-order valence-electron chi connectivity index (χ1n) is 5.24. The highest BCUT2D eigenvalue weighted by Crippen LogP contribution is 2.31. The topological polar surface area (TPSA) is 26.3 Å². The number of ether oxygens (including phenoxy) is 1. The van der Waals surface area contributed by atoms with Crippen LogP contribution < -0.4 is 4.74 Å². The van der Waals surface area contributed by atoms with E-state index in [0.29, 0.717) is 28.2 Å². The van der Waals surface area contributed by atoms with Crippen molar-refractivity contribution in [2.24, 2.45) is 0 Å². The Kier molecular flexibility index (Phi) is 3.63. The first kappa shape index (κ1) is 12.6. The van der Waals surface area contributed by atoms with Gasteiger partial charge >= 0.3 is 0 Å². The van der Waals surface area contributed by atoms with Gasteiger partial charge in [0.05, 0.1) is 12.1 Å². The molecule has 2 rings (SSSR count). The Bertz CT molecular complexity index is 596. The number of carbonyl (C=O) groups is 1. The van der Waals surface area contributed by atoms with Crippen LogP contribution in [0.5, 0.6) is 5.75 Å². The van der Waals surface area contributed by atoms with Crippen LogP contribution in [-0.2, 0) is 0 Å². The molecule has 92 valence electrons. The maximum absolute atomic E-state index is 13.1. The molecule has 0 heterocycles. The Morgan fingerprint density at radius 2 is 2.00 bits per heavy atom. The number of halogens is 2. The molecule has 0 unspecified atom stereocenters. The van der Waals surface area contributed by atoms with Gasteiger partial charge in [0.1, 0.15) is 11.6 Å². The molecule has 0 saturated heterocycles. The van der Waals surface area contributed by atoms with E-state index in [1.807, 2.05) is 0 Å². The second-order valence-electron chi connectivity index (χ2n) is 3.70. The third kappa shape index (κ3) is 2.36. The molecule has 0 aliphatic carbocycles. The molecule has 0 bridgehead atoms. The number of rotatable bonds is 3. The molecular formula is C14H10ClFO2. The molecule has 0 atom stereocenters. The van der Waals surface area contributed by atoms with Crippen LogP contribution in [0.2, 0.25) is 5.02 Å². The van der Waals surface area contributed by atoms with Crippen molar-refractivity contribution in [1.82, 2.24) is 0 Å². The Hall–Kier alpha value is -1.87. The van der Waals surface area contributed by atoms with Crippen LogP contribution in [0.4, 0.5) is 4.39 Å². The van der Waals surface area contributed by atoms with Crippen molar-refractivity contribution in [3.05, 3.63) is 52.8 Å². The maximum Gasteiger partial charge on any atom is 0.150 e. The molecule has 0 aliphatic rings. The summed E-state index contributed by atoms with van der Waals surface area (Å²) in [4.78, 5) is 11.0. The van der Waals surface area contributed by atoms with E-state index in [1.165, 1.54) is 19.2 Å². The molecule has 4 heteroatoms. The third-order valence-electron chi connectivity index (χ3n) is 2.60. The predicted octanol–water partition coefficient (Wildman–Crippen LogP) is 3.97. The summed E-state index contributed by atoms with van der Waals surface area (Å²) < 4.78 is 18.2. The average molecular weight is 265 g/mol. The summed E-state index contributed by atoms with van der Waals surface area (Å²) in [5, 5.41) is 0.482. The van der Waals surface area contributed by atoms with E-state index in [4.69, 9.17) is 16.3 Å². The average Bonchev–Trinajstić information content (AvgIpc) is 2.39. The first-order chi connectivity index (χ1) is 8.65. The van der Waals surface area contributed by atoms with Crippen LogP contribution in [0.1, 0.15) is 10.4 Å². The van der Waals surface area contributed by atoms with Crippen molar-refractivity contribution in [2.45, 2.75) is 0 Å². The minimum absolute atomic E-state index is 0.291. The normalized spacial score (nSPS) is 10.2. The van der Waals surface area contributed by atoms with Gasteiger partial charge in [-0.2, -0.15) is 0 Å². The van der Waals surface area contributed by atoms with E-state index in [-0.39, 0.29) is 0 Å². The van der Waals surface area contributed by atoms with E-state index in [1.54, 1.807) is 24.3 Å². The summed E-state index contributed by atoms with van der Waals surface area (Å²) in [5.41, 5.74) is 1.68. The Morgan fingerprint density at radius 1 is 1.22 bits per heavy atom. The number of hydrogen-bond donors (Lipinski definition) is 0. The lowest BCUT2D eigenvalue weighted by Gasteiger charge is -2.08. The molecule has 0 radical (unpaired) electrons. The highest BCUT2D eigenvalue weighted by Gasteiger charge is 2.08. The third-order valence-corrected chi connectivity index (χ3v) is 2.91. The maximum atomic E-state index is 13.1. The van der Waals surface area contributed by atoms with Gasteiger partial charge in [-0.25, -0.2) is 4.39 Å². The molecule has 0 aromatic heterocycles. The fraction of sp³-hybridized carbons (Fsp3) is 0.0714. The van der Waals surface area contributed by atoms with Crippen molar-refractivity contribution in [3.63, 3.8) is 0 Å². The summed E-state index contributed by atoms with van der Waals surface area (Å²) in [6, 6.07) is 9.20. The smallest absolute Gasteiger partial charge is 0.150 e. The first-order valence-corrected chi connectivity index (χ1v) is 5.62. The van der Waals surface area contributed by atoms with Gasteiger partial charge in [-0.05, 0) is 35.4 Å². The van der Waals surface area contributed by atoms with E-state index < -0.39 is 5.82 Å². The highest BCUT2D eigenvalue weighted by atomic mass is 35.5. The van der Waals surface area contributed by atoms with Crippen LogP contribution in [0.3, 0.4) is 0 Å². The fourth-order valence-electron chi connectivity index (χ4n) is 1.72. The quantitative estimate of drug-likeness (QED) is 0.784. The highest BCUT2D eigenvalue weighted by molar-refractivity contribution is 6.32. The molecule has 0 fully saturated rings. The lowest BCUT2D eigenvalue weighted by atomic mass is 10.00. The van der Waals surface area contributed by atoms with Gasteiger partial charge in [-0.1, -0.05) is 23.7 Å². The van der Waals surface area contributed by atoms with E-state index in [0.717, 1.165) is 5.56 Å². The Balaban J connectivity index is 2.58. The summed E-state index contributed by atoms with van der Waals surface area (Å²) >= 11 is 5.93. The largest absolute Gasteiger partial charge is 0.495 e. The monoisotopic (exact) mass is 264 g/mol. The van der Waals surface area contributed by atoms with Gasteiger partial charge in [0.2, 0.25) is 0 Å². The number of hydrogen-bond acceptors (Lipinski definition) is 2. The summed E-state index contributed by atoms with van der Waals surface area (Å²) in [6.45, 7) is 0. The number of benzene rings is 2. The second-order valence-corrected chi connectivity index (χ2v) is 4.11. The van der Waals surface area contributed by atoms with Gasteiger partial charge in [0, 0.05) is 5.56 Å². The van der Waals surface area contributed by atoms with Crippen LogP contribution >= 0.6 is 11.6 Å². The zero-order valence-corrected chi connectivity index (χ0v) is 10.4. The summed E-state index contributed by atoms with van der Waals surface area (Å²) in [5.74, 6) is 0.0668. The second kappa shape index (κ2) is 5.19. The molecule has 0 aliphatic heterocycles. The van der Waals surface area contributed by atoms with Gasteiger partial charge in [-0.15, -0.1) is 0 Å². The van der Waals surface area contributed by atoms with E-state index in [9.17, 15) is 9.18 Å². The van der Waals surface area contributed by atoms with Gasteiger partial charge in [0.25, 0.3) is 0 Å². The molecule has 0 N–H and O–H groups in total. The van der Waals surface area contributed by atoms with Crippen LogP contribution in [0.25, 0.3) is 11.1 Å². The van der Waals surface area contributed by atoms with Crippen LogP contribution in [0.15, 0.2) is 36.4 Å². The van der Waals surface area contributed by atoms with Crippen molar-refractivity contribution < 1.29 is 13.9 Å².